The summed E-state index contributed by atoms with van der Waals surface area (Å²) in [6.45, 7) is 4.56. The predicted octanol–water partition coefficient (Wildman–Crippen LogP) is 1.48. The first-order valence-corrected chi connectivity index (χ1v) is 6.44. The van der Waals surface area contributed by atoms with Gasteiger partial charge in [0.05, 0.1) is 13.2 Å². The summed E-state index contributed by atoms with van der Waals surface area (Å²) in [5.74, 6) is 0.410. The van der Waals surface area contributed by atoms with Gasteiger partial charge in [0.15, 0.2) is 0 Å². The van der Waals surface area contributed by atoms with Crippen LogP contribution in [-0.2, 0) is 14.3 Å². The van der Waals surface area contributed by atoms with Gasteiger partial charge in [0, 0.05) is 45.7 Å². The normalized spacial score (nSPS) is 19.9. The van der Waals surface area contributed by atoms with Crippen LogP contribution in [0.5, 0.6) is 0 Å². The second kappa shape index (κ2) is 7.80. The van der Waals surface area contributed by atoms with Crippen molar-refractivity contribution < 1.29 is 14.3 Å². The van der Waals surface area contributed by atoms with Crippen molar-refractivity contribution in [2.45, 2.75) is 44.7 Å². The van der Waals surface area contributed by atoms with Gasteiger partial charge in [-0.15, -0.1) is 0 Å². The lowest BCUT2D eigenvalue weighted by molar-refractivity contribution is -0.121. The number of hydrogen-bond acceptors (Lipinski definition) is 4. The van der Waals surface area contributed by atoms with E-state index in [2.05, 4.69) is 11.8 Å². The van der Waals surface area contributed by atoms with Crippen LogP contribution >= 0.6 is 0 Å². The summed E-state index contributed by atoms with van der Waals surface area (Å²) in [5.41, 5.74) is 0. The van der Waals surface area contributed by atoms with Crippen molar-refractivity contribution in [2.75, 3.05) is 34.0 Å². The predicted molar refractivity (Wildman–Crippen MR) is 67.2 cm³/mol. The van der Waals surface area contributed by atoms with Crippen LogP contribution in [0.25, 0.3) is 0 Å². The van der Waals surface area contributed by atoms with Crippen LogP contribution in [0.2, 0.25) is 0 Å². The molecule has 0 saturated heterocycles. The van der Waals surface area contributed by atoms with Gasteiger partial charge in [0.2, 0.25) is 0 Å². The Bertz CT molecular complexity index is 223. The number of methoxy groups -OCH3 is 2. The molecule has 0 bridgehead atoms. The van der Waals surface area contributed by atoms with Gasteiger partial charge in [-0.05, 0) is 19.8 Å². The zero-order valence-electron chi connectivity index (χ0n) is 11.3. The van der Waals surface area contributed by atoms with Crippen LogP contribution in [0.3, 0.4) is 0 Å². The lowest BCUT2D eigenvalue weighted by Crippen LogP contribution is -2.47. The zero-order valence-corrected chi connectivity index (χ0v) is 11.3. The van der Waals surface area contributed by atoms with E-state index < -0.39 is 0 Å². The number of Topliss-reactive ketones (excluding diaryl/α,β-unsaturated/α-hetero) is 1. The summed E-state index contributed by atoms with van der Waals surface area (Å²) in [6.07, 6.45) is 3.43. The average molecular weight is 243 g/mol. The van der Waals surface area contributed by atoms with Gasteiger partial charge in [0.1, 0.15) is 5.78 Å². The van der Waals surface area contributed by atoms with Gasteiger partial charge < -0.3 is 9.47 Å². The minimum absolute atomic E-state index is 0.383. The number of carbonyl (C=O) groups excluding carboxylic acids is 1. The minimum Gasteiger partial charge on any atom is -0.383 e. The highest BCUT2D eigenvalue weighted by molar-refractivity contribution is 5.79. The van der Waals surface area contributed by atoms with E-state index in [1.165, 1.54) is 0 Å². The molecule has 0 aromatic carbocycles. The molecule has 0 aromatic rings. The number of ether oxygens (including phenoxy) is 2. The second-order valence-corrected chi connectivity index (χ2v) is 4.80. The Morgan fingerprint density at radius 3 is 2.47 bits per heavy atom. The maximum atomic E-state index is 11.3. The molecular formula is C13H25NO3. The standard InChI is InChI=1S/C13H25NO3/c1-11(10-17-3)14(8-9-16-2)12-4-6-13(15)7-5-12/h11-12H,4-10H2,1-3H3. The number of carbonyl (C=O) groups is 1. The molecule has 0 aromatic heterocycles. The van der Waals surface area contributed by atoms with E-state index in [-0.39, 0.29) is 0 Å². The van der Waals surface area contributed by atoms with Gasteiger partial charge in [-0.2, -0.15) is 0 Å². The first-order chi connectivity index (χ1) is 8.19. The molecule has 0 N–H and O–H groups in total. The molecule has 0 heterocycles. The molecule has 100 valence electrons. The number of ketones is 1. The topological polar surface area (TPSA) is 38.8 Å². The molecule has 17 heavy (non-hydrogen) atoms. The van der Waals surface area contributed by atoms with Crippen LogP contribution in [0.1, 0.15) is 32.6 Å². The maximum absolute atomic E-state index is 11.3. The minimum atomic E-state index is 0.383. The Labute approximate surface area is 104 Å². The third-order valence-corrected chi connectivity index (χ3v) is 3.51. The SMILES string of the molecule is COCCN(C(C)COC)C1CCC(=O)CC1. The smallest absolute Gasteiger partial charge is 0.133 e. The largest absolute Gasteiger partial charge is 0.383 e. The van der Waals surface area contributed by atoms with Crippen LogP contribution in [0, 0.1) is 0 Å². The van der Waals surface area contributed by atoms with E-state index in [1.54, 1.807) is 14.2 Å². The lowest BCUT2D eigenvalue weighted by Gasteiger charge is -2.37. The molecule has 0 amide bonds. The molecule has 1 aliphatic carbocycles. The summed E-state index contributed by atoms with van der Waals surface area (Å²) in [7, 11) is 3.46. The van der Waals surface area contributed by atoms with Crippen molar-refractivity contribution in [2.24, 2.45) is 0 Å². The van der Waals surface area contributed by atoms with E-state index in [1.807, 2.05) is 0 Å². The van der Waals surface area contributed by atoms with E-state index in [0.717, 1.165) is 45.4 Å². The zero-order chi connectivity index (χ0) is 12.7. The average Bonchev–Trinajstić information content (AvgIpc) is 2.32. The summed E-state index contributed by atoms with van der Waals surface area (Å²) in [6, 6.07) is 0.890. The van der Waals surface area contributed by atoms with E-state index in [0.29, 0.717) is 17.9 Å². The Morgan fingerprint density at radius 1 is 1.29 bits per heavy atom. The second-order valence-electron chi connectivity index (χ2n) is 4.80. The number of nitrogens with zero attached hydrogens (tertiary/aromatic N) is 1. The molecule has 1 rings (SSSR count). The molecule has 4 nitrogen and oxygen atoms in total. The van der Waals surface area contributed by atoms with Crippen molar-refractivity contribution >= 4 is 5.78 Å². The van der Waals surface area contributed by atoms with Crippen molar-refractivity contribution in [1.29, 1.82) is 0 Å². The van der Waals surface area contributed by atoms with E-state index >= 15 is 0 Å². The highest BCUT2D eigenvalue weighted by Crippen LogP contribution is 2.22. The highest BCUT2D eigenvalue weighted by atomic mass is 16.5. The first kappa shape index (κ1) is 14.6. The first-order valence-electron chi connectivity index (χ1n) is 6.44. The molecule has 1 unspecified atom stereocenters. The summed E-state index contributed by atoms with van der Waals surface area (Å²) >= 11 is 0. The summed E-state index contributed by atoms with van der Waals surface area (Å²) in [5, 5.41) is 0. The fraction of sp³-hybridized carbons (Fsp3) is 0.923. The van der Waals surface area contributed by atoms with Gasteiger partial charge in [-0.25, -0.2) is 0 Å². The molecule has 4 heteroatoms. The maximum Gasteiger partial charge on any atom is 0.133 e. The number of hydrogen-bond donors (Lipinski definition) is 0. The van der Waals surface area contributed by atoms with Crippen LogP contribution in [-0.4, -0.2) is 56.7 Å². The lowest BCUT2D eigenvalue weighted by atomic mass is 9.92. The molecule has 0 spiro atoms. The van der Waals surface area contributed by atoms with Crippen molar-refractivity contribution in [3.8, 4) is 0 Å². The van der Waals surface area contributed by atoms with Crippen LogP contribution in [0.15, 0.2) is 0 Å². The summed E-state index contributed by atoms with van der Waals surface area (Å²) < 4.78 is 10.4. The fourth-order valence-corrected chi connectivity index (χ4v) is 2.55. The van der Waals surface area contributed by atoms with Crippen molar-refractivity contribution in [1.82, 2.24) is 4.90 Å². The van der Waals surface area contributed by atoms with Gasteiger partial charge in [-0.3, -0.25) is 9.69 Å². The molecule has 0 aliphatic heterocycles. The van der Waals surface area contributed by atoms with E-state index in [4.69, 9.17) is 9.47 Å². The molecule has 1 saturated carbocycles. The van der Waals surface area contributed by atoms with Gasteiger partial charge in [-0.1, -0.05) is 0 Å². The van der Waals surface area contributed by atoms with Crippen LogP contribution in [0.4, 0.5) is 0 Å². The quantitative estimate of drug-likeness (QED) is 0.679. The highest BCUT2D eigenvalue weighted by Gasteiger charge is 2.27. The van der Waals surface area contributed by atoms with Crippen molar-refractivity contribution in [3.05, 3.63) is 0 Å². The molecule has 0 radical (unpaired) electrons. The molecular weight excluding hydrogens is 218 g/mol. The Hall–Kier alpha value is -0.450. The van der Waals surface area contributed by atoms with Gasteiger partial charge in [0.25, 0.3) is 0 Å². The molecule has 1 aliphatic rings. The third-order valence-electron chi connectivity index (χ3n) is 3.51. The Balaban J connectivity index is 2.51. The van der Waals surface area contributed by atoms with Crippen molar-refractivity contribution in [3.63, 3.8) is 0 Å². The third kappa shape index (κ3) is 4.74. The molecule has 1 atom stereocenters. The Morgan fingerprint density at radius 2 is 1.94 bits per heavy atom. The number of rotatable bonds is 7. The molecule has 1 fully saturated rings. The monoisotopic (exact) mass is 243 g/mol. The Kier molecular flexibility index (Phi) is 6.70. The van der Waals surface area contributed by atoms with Crippen LogP contribution < -0.4 is 0 Å². The summed E-state index contributed by atoms with van der Waals surface area (Å²) in [4.78, 5) is 13.7. The van der Waals surface area contributed by atoms with Gasteiger partial charge >= 0.3 is 0 Å². The fourth-order valence-electron chi connectivity index (χ4n) is 2.55. The van der Waals surface area contributed by atoms with E-state index in [9.17, 15) is 4.79 Å².